The van der Waals surface area contributed by atoms with Gasteiger partial charge in [0.1, 0.15) is 0 Å². The Bertz CT molecular complexity index is 402. The van der Waals surface area contributed by atoms with Crippen molar-refractivity contribution in [1.82, 2.24) is 0 Å². The Morgan fingerprint density at radius 1 is 1.12 bits per heavy atom. The van der Waals surface area contributed by atoms with Crippen LogP contribution in [0.1, 0.15) is 72.6 Å². The van der Waals surface area contributed by atoms with E-state index in [0.717, 1.165) is 19.3 Å². The molecule has 0 aromatic rings. The first-order valence-corrected chi connectivity index (χ1v) is 9.28. The lowest BCUT2D eigenvalue weighted by Crippen LogP contribution is -2.34. The summed E-state index contributed by atoms with van der Waals surface area (Å²) in [4.78, 5) is 10.8. The maximum absolute atomic E-state index is 10.8. The van der Waals surface area contributed by atoms with Gasteiger partial charge in [-0.05, 0) is 43.9 Å². The minimum atomic E-state index is -1.01. The van der Waals surface area contributed by atoms with E-state index >= 15 is 0 Å². The molecule has 0 fully saturated rings. The zero-order valence-corrected chi connectivity index (χ0v) is 15.7. The molecule has 24 heavy (non-hydrogen) atoms. The molecule has 0 radical (unpaired) electrons. The molecule has 0 heterocycles. The van der Waals surface area contributed by atoms with Crippen LogP contribution in [-0.2, 0) is 4.79 Å². The van der Waals surface area contributed by atoms with Gasteiger partial charge in [0.15, 0.2) is 0 Å². The van der Waals surface area contributed by atoms with Crippen LogP contribution in [0.4, 0.5) is 0 Å². The molecule has 0 rings (SSSR count). The van der Waals surface area contributed by atoms with Crippen molar-refractivity contribution in [2.24, 2.45) is 11.8 Å². The number of aliphatic hydroxyl groups is 2. The number of aliphatic hydroxyl groups excluding tert-OH is 1. The van der Waals surface area contributed by atoms with Gasteiger partial charge in [0.25, 0.3) is 0 Å². The predicted octanol–water partition coefficient (Wildman–Crippen LogP) is 4.32. The summed E-state index contributed by atoms with van der Waals surface area (Å²) in [6.07, 6.45) is 11.6. The van der Waals surface area contributed by atoms with E-state index in [9.17, 15) is 15.0 Å². The first kappa shape index (κ1) is 22.9. The third-order valence-electron chi connectivity index (χ3n) is 4.72. The fourth-order valence-electron chi connectivity index (χ4n) is 2.85. The van der Waals surface area contributed by atoms with E-state index in [2.05, 4.69) is 26.0 Å². The number of carboxylic acid groups (broad SMARTS) is 1. The van der Waals surface area contributed by atoms with Gasteiger partial charge in [-0.1, -0.05) is 58.4 Å². The van der Waals surface area contributed by atoms with E-state index < -0.39 is 17.7 Å². The SMILES string of the molecule is CC/C=C/C(CC)C/C=C/[C@@](O)(CC)C[C@@H](CC)[C@H](O)CC(=O)O. The summed E-state index contributed by atoms with van der Waals surface area (Å²) < 4.78 is 0. The van der Waals surface area contributed by atoms with Crippen molar-refractivity contribution in [3.8, 4) is 0 Å². The number of hydrogen-bond donors (Lipinski definition) is 3. The highest BCUT2D eigenvalue weighted by molar-refractivity contribution is 5.67. The van der Waals surface area contributed by atoms with Crippen LogP contribution in [0, 0.1) is 11.8 Å². The van der Waals surface area contributed by atoms with Gasteiger partial charge in [-0.15, -0.1) is 0 Å². The zero-order valence-electron chi connectivity index (χ0n) is 15.7. The fourth-order valence-corrected chi connectivity index (χ4v) is 2.85. The molecule has 0 amide bonds. The molecule has 0 aromatic heterocycles. The molecule has 0 aromatic carbocycles. The average molecular weight is 341 g/mol. The zero-order chi connectivity index (χ0) is 18.6. The van der Waals surface area contributed by atoms with Crippen molar-refractivity contribution in [2.45, 2.75) is 84.3 Å². The molecular formula is C20H36O4. The van der Waals surface area contributed by atoms with Crippen LogP contribution in [-0.4, -0.2) is 33.0 Å². The lowest BCUT2D eigenvalue weighted by atomic mass is 9.82. The Hall–Kier alpha value is -1.13. The van der Waals surface area contributed by atoms with Gasteiger partial charge < -0.3 is 15.3 Å². The molecule has 4 nitrogen and oxygen atoms in total. The van der Waals surface area contributed by atoms with Crippen molar-refractivity contribution < 1.29 is 20.1 Å². The van der Waals surface area contributed by atoms with Crippen LogP contribution in [0.25, 0.3) is 0 Å². The Kier molecular flexibility index (Phi) is 11.7. The van der Waals surface area contributed by atoms with Gasteiger partial charge in [-0.2, -0.15) is 0 Å². The van der Waals surface area contributed by atoms with Crippen molar-refractivity contribution in [3.63, 3.8) is 0 Å². The second kappa shape index (κ2) is 12.3. The molecule has 0 saturated carbocycles. The summed E-state index contributed by atoms with van der Waals surface area (Å²) in [5.41, 5.74) is -0.993. The Morgan fingerprint density at radius 3 is 2.25 bits per heavy atom. The van der Waals surface area contributed by atoms with E-state index in [4.69, 9.17) is 5.11 Å². The predicted molar refractivity (Wildman–Crippen MR) is 98.9 cm³/mol. The van der Waals surface area contributed by atoms with Gasteiger partial charge in [0.05, 0.1) is 18.1 Å². The van der Waals surface area contributed by atoms with E-state index in [1.165, 1.54) is 0 Å². The minimum absolute atomic E-state index is 0.224. The van der Waals surface area contributed by atoms with Crippen LogP contribution < -0.4 is 0 Å². The molecule has 0 spiro atoms. The highest BCUT2D eigenvalue weighted by Crippen LogP contribution is 2.28. The second-order valence-electron chi connectivity index (χ2n) is 6.64. The van der Waals surface area contributed by atoms with Gasteiger partial charge in [0, 0.05) is 0 Å². The standard InChI is InChI=1S/C20H36O4/c1-5-9-11-16(6-2)12-10-13-20(24,8-4)15-17(7-3)18(21)14-19(22)23/h9-11,13,16-18,21,24H,5-8,12,14-15H2,1-4H3,(H,22,23)/b11-9+,13-10+/t16?,17-,18-,20+/m1/s1. The smallest absolute Gasteiger partial charge is 0.305 e. The normalized spacial score (nSPS) is 18.6. The summed E-state index contributed by atoms with van der Waals surface area (Å²) in [6, 6.07) is 0. The van der Waals surface area contributed by atoms with Crippen molar-refractivity contribution in [1.29, 1.82) is 0 Å². The Balaban J connectivity index is 4.82. The van der Waals surface area contributed by atoms with Crippen LogP contribution in [0.5, 0.6) is 0 Å². The Morgan fingerprint density at radius 2 is 1.79 bits per heavy atom. The van der Waals surface area contributed by atoms with Crippen LogP contribution in [0.2, 0.25) is 0 Å². The summed E-state index contributed by atoms with van der Waals surface area (Å²) >= 11 is 0. The number of aliphatic carboxylic acids is 1. The molecule has 140 valence electrons. The molecule has 0 aliphatic heterocycles. The monoisotopic (exact) mass is 340 g/mol. The number of hydrogen-bond acceptors (Lipinski definition) is 3. The number of rotatable bonds is 13. The largest absolute Gasteiger partial charge is 0.481 e. The van der Waals surface area contributed by atoms with Gasteiger partial charge in [-0.25, -0.2) is 0 Å². The minimum Gasteiger partial charge on any atom is -0.481 e. The van der Waals surface area contributed by atoms with E-state index in [1.54, 1.807) is 0 Å². The molecule has 4 atom stereocenters. The summed E-state index contributed by atoms with van der Waals surface area (Å²) in [5, 5.41) is 29.7. The average Bonchev–Trinajstić information content (AvgIpc) is 2.55. The van der Waals surface area contributed by atoms with Crippen molar-refractivity contribution in [3.05, 3.63) is 24.3 Å². The molecule has 0 aliphatic rings. The van der Waals surface area contributed by atoms with Gasteiger partial charge in [-0.3, -0.25) is 4.79 Å². The van der Waals surface area contributed by atoms with Gasteiger partial charge in [0.2, 0.25) is 0 Å². The highest BCUT2D eigenvalue weighted by atomic mass is 16.4. The van der Waals surface area contributed by atoms with Crippen LogP contribution >= 0.6 is 0 Å². The van der Waals surface area contributed by atoms with E-state index in [-0.39, 0.29) is 12.3 Å². The first-order valence-electron chi connectivity index (χ1n) is 9.28. The fraction of sp³-hybridized carbons (Fsp3) is 0.750. The molecule has 0 aliphatic carbocycles. The Labute approximate surface area is 147 Å². The van der Waals surface area contributed by atoms with Gasteiger partial charge >= 0.3 is 5.97 Å². The maximum atomic E-state index is 10.8. The lowest BCUT2D eigenvalue weighted by molar-refractivity contribution is -0.140. The molecule has 3 N–H and O–H groups in total. The molecule has 0 saturated heterocycles. The lowest BCUT2D eigenvalue weighted by Gasteiger charge is -2.30. The molecular weight excluding hydrogens is 304 g/mol. The number of carbonyl (C=O) groups is 1. The van der Waals surface area contributed by atoms with Crippen LogP contribution in [0.15, 0.2) is 24.3 Å². The van der Waals surface area contributed by atoms with E-state index in [1.807, 2.05) is 26.0 Å². The van der Waals surface area contributed by atoms with Crippen LogP contribution in [0.3, 0.4) is 0 Å². The summed E-state index contributed by atoms with van der Waals surface area (Å²) in [5.74, 6) is -0.760. The number of carboxylic acids is 1. The quantitative estimate of drug-likeness (QED) is 0.436. The maximum Gasteiger partial charge on any atom is 0.305 e. The summed E-state index contributed by atoms with van der Waals surface area (Å²) in [6.45, 7) is 8.09. The molecule has 4 heteroatoms. The third kappa shape index (κ3) is 9.24. The second-order valence-corrected chi connectivity index (χ2v) is 6.64. The topological polar surface area (TPSA) is 77.8 Å². The first-order chi connectivity index (χ1) is 11.3. The molecule has 1 unspecified atom stereocenters. The number of allylic oxidation sites excluding steroid dienone is 3. The molecule has 0 bridgehead atoms. The summed E-state index contributed by atoms with van der Waals surface area (Å²) in [7, 11) is 0. The van der Waals surface area contributed by atoms with E-state index in [0.29, 0.717) is 25.2 Å². The van der Waals surface area contributed by atoms with Crippen molar-refractivity contribution in [2.75, 3.05) is 0 Å². The highest BCUT2D eigenvalue weighted by Gasteiger charge is 2.30. The third-order valence-corrected chi connectivity index (χ3v) is 4.72. The van der Waals surface area contributed by atoms with Crippen molar-refractivity contribution >= 4 is 5.97 Å².